The van der Waals surface area contributed by atoms with Gasteiger partial charge in [0.15, 0.2) is 12.2 Å². The van der Waals surface area contributed by atoms with E-state index in [-0.39, 0.29) is 25.7 Å². The van der Waals surface area contributed by atoms with Crippen LogP contribution >= 0.6 is 15.6 Å². The van der Waals surface area contributed by atoms with E-state index in [1.807, 2.05) is 0 Å². The molecule has 0 saturated heterocycles. The first kappa shape index (κ1) is 88.0. The minimum Gasteiger partial charge on any atom is -0.462 e. The number of ether oxygens (including phenoxy) is 4. The van der Waals surface area contributed by atoms with Crippen LogP contribution in [-0.2, 0) is 65.4 Å². The summed E-state index contributed by atoms with van der Waals surface area (Å²) in [5, 5.41) is 10.6. The number of hydrogen-bond acceptors (Lipinski definition) is 15. The molecule has 0 aliphatic heterocycles. The molecule has 0 amide bonds. The number of carbonyl (C=O) groups is 4. The predicted octanol–water partition coefficient (Wildman–Crippen LogP) is 19.7. The van der Waals surface area contributed by atoms with Crippen molar-refractivity contribution in [3.63, 3.8) is 0 Å². The molecule has 3 N–H and O–H groups in total. The van der Waals surface area contributed by atoms with Gasteiger partial charge in [-0.1, -0.05) is 228 Å². The molecule has 0 saturated carbocycles. The van der Waals surface area contributed by atoms with E-state index in [1.165, 1.54) is 38.5 Å². The molecular weight excluding hydrogens is 1210 g/mol. The van der Waals surface area contributed by atoms with Gasteiger partial charge in [-0.15, -0.1) is 0 Å². The van der Waals surface area contributed by atoms with Gasteiger partial charge in [-0.2, -0.15) is 0 Å². The third-order valence-corrected chi connectivity index (χ3v) is 16.4. The van der Waals surface area contributed by atoms with Gasteiger partial charge >= 0.3 is 39.5 Å². The van der Waals surface area contributed by atoms with Crippen LogP contribution in [0.25, 0.3) is 0 Å². The van der Waals surface area contributed by atoms with Gasteiger partial charge in [0.25, 0.3) is 0 Å². The molecule has 17 nitrogen and oxygen atoms in total. The average molecular weight is 1340 g/mol. The molecule has 0 spiro atoms. The highest BCUT2D eigenvalue weighted by Gasteiger charge is 2.30. The van der Waals surface area contributed by atoms with Gasteiger partial charge in [0.2, 0.25) is 0 Å². The zero-order chi connectivity index (χ0) is 67.5. The van der Waals surface area contributed by atoms with Crippen molar-refractivity contribution in [2.75, 3.05) is 39.6 Å². The minimum atomic E-state index is -4.98. The van der Waals surface area contributed by atoms with Crippen molar-refractivity contribution in [3.05, 3.63) is 97.2 Å². The molecule has 0 aliphatic rings. The Kier molecular flexibility index (Phi) is 62.8. The lowest BCUT2D eigenvalue weighted by Gasteiger charge is -2.21. The van der Waals surface area contributed by atoms with Gasteiger partial charge in [-0.3, -0.25) is 37.3 Å². The van der Waals surface area contributed by atoms with Crippen molar-refractivity contribution in [2.45, 2.75) is 303 Å². The molecule has 0 radical (unpaired) electrons. The summed E-state index contributed by atoms with van der Waals surface area (Å²) in [4.78, 5) is 72.5. The van der Waals surface area contributed by atoms with Crippen molar-refractivity contribution < 1.29 is 80.2 Å². The number of rotatable bonds is 66. The molecule has 0 aliphatic carbocycles. The topological polar surface area (TPSA) is 237 Å². The van der Waals surface area contributed by atoms with Gasteiger partial charge in [0, 0.05) is 25.7 Å². The van der Waals surface area contributed by atoms with Crippen LogP contribution in [-0.4, -0.2) is 96.7 Å². The fourth-order valence-electron chi connectivity index (χ4n) is 9.01. The second-order valence-electron chi connectivity index (χ2n) is 23.4. The van der Waals surface area contributed by atoms with E-state index in [0.29, 0.717) is 25.7 Å². The second kappa shape index (κ2) is 65.6. The number of hydrogen-bond donors (Lipinski definition) is 3. The summed E-state index contributed by atoms with van der Waals surface area (Å²) in [5.41, 5.74) is 0. The number of phosphoric acid groups is 2. The average Bonchev–Trinajstić information content (AvgIpc) is 2.26. The fourth-order valence-corrected chi connectivity index (χ4v) is 10.6. The first-order chi connectivity index (χ1) is 44.7. The van der Waals surface area contributed by atoms with Crippen molar-refractivity contribution >= 4 is 39.5 Å². The smallest absolute Gasteiger partial charge is 0.462 e. The summed E-state index contributed by atoms with van der Waals surface area (Å²) >= 11 is 0. The highest BCUT2D eigenvalue weighted by atomic mass is 31.2. The summed E-state index contributed by atoms with van der Waals surface area (Å²) in [6.07, 6.45) is 65.8. The van der Waals surface area contributed by atoms with Crippen molar-refractivity contribution in [2.24, 2.45) is 0 Å². The Morgan fingerprint density at radius 3 is 0.891 bits per heavy atom. The maximum absolute atomic E-state index is 13.0. The lowest BCUT2D eigenvalue weighted by molar-refractivity contribution is -0.161. The molecular formula is C73H126O17P2. The number of carbonyl (C=O) groups excluding carboxylic acids is 4. The zero-order valence-corrected chi connectivity index (χ0v) is 59.2. The Hall–Kier alpha value is -4.02. The molecule has 0 rings (SSSR count). The molecule has 5 unspecified atom stereocenters. The summed E-state index contributed by atoms with van der Waals surface area (Å²) in [6, 6.07) is 0. The summed E-state index contributed by atoms with van der Waals surface area (Å²) in [7, 11) is -9.94. The van der Waals surface area contributed by atoms with Crippen LogP contribution in [0.2, 0.25) is 0 Å². The van der Waals surface area contributed by atoms with E-state index in [2.05, 4.69) is 125 Å². The van der Waals surface area contributed by atoms with Gasteiger partial charge in [-0.25, -0.2) is 9.13 Å². The lowest BCUT2D eigenvalue weighted by atomic mass is 10.1. The van der Waals surface area contributed by atoms with E-state index in [0.717, 1.165) is 167 Å². The number of aliphatic hydroxyl groups excluding tert-OH is 1. The third-order valence-electron chi connectivity index (χ3n) is 14.5. The largest absolute Gasteiger partial charge is 0.472 e. The maximum atomic E-state index is 13.0. The Balaban J connectivity index is 5.31. The quantitative estimate of drug-likeness (QED) is 0.0169. The normalized spacial score (nSPS) is 14.6. The van der Waals surface area contributed by atoms with Crippen LogP contribution in [0.3, 0.4) is 0 Å². The highest BCUT2D eigenvalue weighted by Crippen LogP contribution is 2.45. The molecule has 92 heavy (non-hydrogen) atoms. The number of allylic oxidation sites excluding steroid dienone is 16. The summed E-state index contributed by atoms with van der Waals surface area (Å²) in [6.45, 7) is 4.55. The zero-order valence-electron chi connectivity index (χ0n) is 57.4. The van der Waals surface area contributed by atoms with E-state index >= 15 is 0 Å². The first-order valence-electron chi connectivity index (χ1n) is 35.5. The summed E-state index contributed by atoms with van der Waals surface area (Å²) < 4.78 is 68.1. The number of phosphoric ester groups is 2. The van der Waals surface area contributed by atoms with Crippen LogP contribution in [0.5, 0.6) is 0 Å². The molecule has 0 aromatic carbocycles. The van der Waals surface area contributed by atoms with Crippen molar-refractivity contribution in [1.29, 1.82) is 0 Å². The SMILES string of the molecule is CC/C=C\C/C=C\C/C=C\C/C=C\C/C=C\CCCCCC(=O)OCC(COP(=O)(O)OCC(O)COP(=O)(O)OCC(COC(=O)CCCCCCC/C=C\CCCC)OC(=O)CCCCCCC/C=C\CCCC)OC(=O)CCCCCCC/C=C\CCCC. The third kappa shape index (κ3) is 64.7. The molecule has 0 fully saturated rings. The first-order valence-corrected chi connectivity index (χ1v) is 38.5. The molecule has 0 aromatic rings. The van der Waals surface area contributed by atoms with E-state index in [1.54, 1.807) is 0 Å². The van der Waals surface area contributed by atoms with E-state index in [4.69, 9.17) is 37.0 Å². The van der Waals surface area contributed by atoms with Crippen LogP contribution in [0.4, 0.5) is 0 Å². The molecule has 19 heteroatoms. The van der Waals surface area contributed by atoms with Crippen LogP contribution in [0.15, 0.2) is 97.2 Å². The van der Waals surface area contributed by atoms with Crippen LogP contribution in [0.1, 0.15) is 285 Å². The van der Waals surface area contributed by atoms with E-state index in [9.17, 15) is 43.2 Å². The number of unbranched alkanes of at least 4 members (excludes halogenated alkanes) is 24. The van der Waals surface area contributed by atoms with Crippen molar-refractivity contribution in [1.82, 2.24) is 0 Å². The monoisotopic (exact) mass is 1340 g/mol. The standard InChI is InChI=1S/C73H126O17P2/c1-5-9-13-17-21-25-29-30-31-32-33-34-35-36-40-42-46-50-54-58-71(76)84-64-69(90-73(78)60-56-52-48-44-39-28-24-20-16-12-8-4)66-88-92(81,82)86-62-67(74)61-85-91(79,80)87-65-68(89-72(77)59-55-51-47-43-38-27-23-19-15-11-7-3)63-83-70(75)57-53-49-45-41-37-26-22-18-14-10-6-2/h9,13,18-25,30-31,33-34,36,40,67-69,74H,5-8,10-12,14-17,26-29,32,35,37-39,41-66H2,1-4H3,(H,79,80)(H,81,82)/b13-9-,22-18-,23-19-,24-20-,25-21-,31-30-,34-33-,40-36-. The number of aliphatic hydroxyl groups is 1. The van der Waals surface area contributed by atoms with Gasteiger partial charge < -0.3 is 33.8 Å². The Bertz CT molecular complexity index is 2130. The molecule has 530 valence electrons. The Labute approximate surface area is 557 Å². The highest BCUT2D eigenvalue weighted by molar-refractivity contribution is 7.47. The lowest BCUT2D eigenvalue weighted by Crippen LogP contribution is -2.30. The second-order valence-corrected chi connectivity index (χ2v) is 26.3. The molecule has 0 bridgehead atoms. The molecule has 0 aromatic heterocycles. The summed E-state index contributed by atoms with van der Waals surface area (Å²) in [5.74, 6) is -2.24. The fraction of sp³-hybridized carbons (Fsp3) is 0.726. The molecule has 0 heterocycles. The maximum Gasteiger partial charge on any atom is 0.472 e. The van der Waals surface area contributed by atoms with Gasteiger partial charge in [-0.05, 0) is 128 Å². The van der Waals surface area contributed by atoms with Crippen LogP contribution in [0, 0.1) is 0 Å². The molecule has 5 atom stereocenters. The predicted molar refractivity (Wildman–Crippen MR) is 372 cm³/mol. The van der Waals surface area contributed by atoms with Crippen LogP contribution < -0.4 is 0 Å². The Morgan fingerprint density at radius 2 is 0.565 bits per heavy atom. The van der Waals surface area contributed by atoms with Gasteiger partial charge in [0.1, 0.15) is 19.3 Å². The van der Waals surface area contributed by atoms with Gasteiger partial charge in [0.05, 0.1) is 26.4 Å². The van der Waals surface area contributed by atoms with Crippen molar-refractivity contribution in [3.8, 4) is 0 Å². The number of esters is 4. The minimum absolute atomic E-state index is 0.0760. The Morgan fingerprint density at radius 1 is 0.315 bits per heavy atom. The van der Waals surface area contributed by atoms with E-state index < -0.39 is 97.5 Å².